The van der Waals surface area contributed by atoms with Gasteiger partial charge in [-0.15, -0.1) is 0 Å². The van der Waals surface area contributed by atoms with Crippen LogP contribution in [0.2, 0.25) is 0 Å². The number of benzene rings is 2. The molecule has 0 saturated heterocycles. The van der Waals surface area contributed by atoms with E-state index >= 15 is 0 Å². The average Bonchev–Trinajstić information content (AvgIpc) is 2.71. The van der Waals surface area contributed by atoms with Crippen molar-refractivity contribution in [2.24, 2.45) is 5.10 Å². The number of nitrogens with one attached hydrogen (secondary N) is 1. The molecule has 0 saturated carbocycles. The lowest BCUT2D eigenvalue weighted by Crippen LogP contribution is -2.18. The quantitative estimate of drug-likeness (QED) is 0.139. The van der Waals surface area contributed by atoms with E-state index in [2.05, 4.69) is 70.0 Å². The average molecular weight is 629 g/mol. The molecule has 0 radical (unpaired) electrons. The van der Waals surface area contributed by atoms with Gasteiger partial charge in [0, 0.05) is 26.0 Å². The molecule has 0 unspecified atom stereocenters. The maximum atomic E-state index is 12.6. The number of hydrogen-bond acceptors (Lipinski definition) is 5. The van der Waals surface area contributed by atoms with E-state index in [0.717, 1.165) is 8.04 Å². The monoisotopic (exact) mass is 627 g/mol. The van der Waals surface area contributed by atoms with Gasteiger partial charge in [-0.05, 0) is 74.9 Å². The van der Waals surface area contributed by atoms with Gasteiger partial charge in [-0.25, -0.2) is 10.2 Å². The first-order valence-electron chi connectivity index (χ1n) is 8.15. The third-order valence-electron chi connectivity index (χ3n) is 3.62. The summed E-state index contributed by atoms with van der Waals surface area (Å²) in [6.45, 7) is 0. The Bertz CT molecular complexity index is 1090. The first kappa shape index (κ1) is 21.6. The molecule has 0 fully saturated rings. The molecule has 1 N–H and O–H groups in total. The number of carbonyl (C=O) groups is 2. The fraction of sp³-hybridized carbons (Fsp3) is 0. The van der Waals surface area contributed by atoms with Crippen molar-refractivity contribution in [1.29, 1.82) is 0 Å². The van der Waals surface area contributed by atoms with Crippen molar-refractivity contribution in [3.63, 3.8) is 0 Å². The fourth-order valence-corrected chi connectivity index (χ4v) is 4.23. The van der Waals surface area contributed by atoms with Crippen LogP contribution in [0.25, 0.3) is 0 Å². The van der Waals surface area contributed by atoms with Crippen molar-refractivity contribution in [2.75, 3.05) is 0 Å². The number of aromatic nitrogens is 1. The van der Waals surface area contributed by atoms with Crippen molar-refractivity contribution in [2.45, 2.75) is 0 Å². The summed E-state index contributed by atoms with van der Waals surface area (Å²) >= 11 is 8.88. The van der Waals surface area contributed by atoms with Crippen LogP contribution < -0.4 is 10.2 Å². The summed E-state index contributed by atoms with van der Waals surface area (Å²) in [5.41, 5.74) is 3.76. The van der Waals surface area contributed by atoms with Gasteiger partial charge in [0.2, 0.25) is 0 Å². The summed E-state index contributed by atoms with van der Waals surface area (Å²) in [4.78, 5) is 28.6. The van der Waals surface area contributed by atoms with E-state index in [1.54, 1.807) is 42.6 Å². The number of hydrazone groups is 1. The van der Waals surface area contributed by atoms with Crippen LogP contribution in [0.5, 0.6) is 5.75 Å². The van der Waals surface area contributed by atoms with Gasteiger partial charge in [-0.3, -0.25) is 9.78 Å². The smallest absolute Gasteiger partial charge is 0.344 e. The second-order valence-electron chi connectivity index (χ2n) is 5.62. The van der Waals surface area contributed by atoms with Gasteiger partial charge in [-0.2, -0.15) is 5.10 Å². The molecule has 0 aliphatic rings. The number of hydrogen-bond donors (Lipinski definition) is 1. The molecule has 1 aromatic heterocycles. The molecule has 1 heterocycles. The predicted molar refractivity (Wildman–Crippen MR) is 125 cm³/mol. The second kappa shape index (κ2) is 10.1. The summed E-state index contributed by atoms with van der Waals surface area (Å²) in [7, 11) is 0. The van der Waals surface area contributed by atoms with Crippen molar-refractivity contribution < 1.29 is 14.3 Å². The second-order valence-corrected chi connectivity index (χ2v) is 8.55. The number of pyridine rings is 1. The minimum atomic E-state index is -0.493. The van der Waals surface area contributed by atoms with Gasteiger partial charge in [0.05, 0.1) is 21.8 Å². The van der Waals surface area contributed by atoms with Gasteiger partial charge in [0.1, 0.15) is 0 Å². The number of ether oxygens (including phenoxy) is 1. The molecule has 0 spiro atoms. The number of carbonyl (C=O) groups excluding carboxylic acids is 2. The van der Waals surface area contributed by atoms with Crippen LogP contribution >= 0.6 is 54.5 Å². The molecule has 0 aliphatic heterocycles. The highest BCUT2D eigenvalue weighted by Gasteiger charge is 2.17. The Kier molecular flexibility index (Phi) is 7.51. The van der Waals surface area contributed by atoms with E-state index in [9.17, 15) is 9.59 Å². The van der Waals surface area contributed by atoms with E-state index in [4.69, 9.17) is 4.74 Å². The maximum absolute atomic E-state index is 12.6. The van der Waals surface area contributed by atoms with Crippen LogP contribution in [0.3, 0.4) is 0 Å². The first-order chi connectivity index (χ1) is 14.0. The number of nitrogens with zero attached hydrogens (tertiary/aromatic N) is 2. The molecule has 146 valence electrons. The van der Waals surface area contributed by atoms with Crippen LogP contribution in [-0.4, -0.2) is 23.1 Å². The highest BCUT2D eigenvalue weighted by atomic mass is 127. The minimum absolute atomic E-state index is 0.289. The lowest BCUT2D eigenvalue weighted by atomic mass is 10.2. The Morgan fingerprint density at radius 2 is 1.93 bits per heavy atom. The standard InChI is InChI=1S/C20H12Br2IN3O3/c21-14-8-13(11-25-26-19(27)12-4-3-7-24-10-12)18(16(22)9-14)29-20(28)15-5-1-2-6-17(15)23/h1-11H,(H,26,27). The highest BCUT2D eigenvalue weighted by Crippen LogP contribution is 2.33. The largest absolute Gasteiger partial charge is 0.421 e. The van der Waals surface area contributed by atoms with Gasteiger partial charge >= 0.3 is 5.97 Å². The third-order valence-corrected chi connectivity index (χ3v) is 5.61. The third kappa shape index (κ3) is 5.71. The molecule has 29 heavy (non-hydrogen) atoms. The SMILES string of the molecule is O=C(NN=Cc1cc(Br)cc(Br)c1OC(=O)c1ccccc1I)c1cccnc1. The Morgan fingerprint density at radius 3 is 2.66 bits per heavy atom. The van der Waals surface area contributed by atoms with E-state index in [1.165, 1.54) is 12.4 Å². The van der Waals surface area contributed by atoms with Crippen LogP contribution in [-0.2, 0) is 0 Å². The van der Waals surface area contributed by atoms with Crippen molar-refractivity contribution >= 4 is 72.5 Å². The normalized spacial score (nSPS) is 10.7. The lowest BCUT2D eigenvalue weighted by molar-refractivity contribution is 0.0731. The Morgan fingerprint density at radius 1 is 1.14 bits per heavy atom. The minimum Gasteiger partial charge on any atom is -0.421 e. The number of amides is 1. The molecule has 3 rings (SSSR count). The molecular weight excluding hydrogens is 617 g/mol. The molecule has 2 aromatic carbocycles. The van der Waals surface area contributed by atoms with Crippen LogP contribution in [0.4, 0.5) is 0 Å². The van der Waals surface area contributed by atoms with Gasteiger partial charge in [-0.1, -0.05) is 28.1 Å². The zero-order valence-corrected chi connectivity index (χ0v) is 19.9. The van der Waals surface area contributed by atoms with Crippen LogP contribution in [0.15, 0.2) is 75.0 Å². The van der Waals surface area contributed by atoms with Gasteiger partial charge in [0.25, 0.3) is 5.91 Å². The van der Waals surface area contributed by atoms with E-state index in [0.29, 0.717) is 21.2 Å². The number of rotatable bonds is 5. The molecule has 3 aromatic rings. The highest BCUT2D eigenvalue weighted by molar-refractivity contribution is 14.1. The first-order valence-corrected chi connectivity index (χ1v) is 10.8. The summed E-state index contributed by atoms with van der Waals surface area (Å²) < 4.78 is 7.70. The number of halogens is 3. The van der Waals surface area contributed by atoms with E-state index in [-0.39, 0.29) is 5.75 Å². The Hall–Kier alpha value is -2.11. The Balaban J connectivity index is 1.83. The summed E-state index contributed by atoms with van der Waals surface area (Å²) in [6, 6.07) is 13.9. The maximum Gasteiger partial charge on any atom is 0.344 e. The Labute approximate surface area is 197 Å². The zero-order chi connectivity index (χ0) is 20.8. The predicted octanol–water partition coefficient (Wildman–Crippen LogP) is 5.19. The van der Waals surface area contributed by atoms with Crippen LogP contribution in [0, 0.1) is 3.57 Å². The zero-order valence-electron chi connectivity index (χ0n) is 14.6. The summed E-state index contributed by atoms with van der Waals surface area (Å²) in [5.74, 6) is -0.606. The number of esters is 1. The van der Waals surface area contributed by atoms with E-state index < -0.39 is 11.9 Å². The van der Waals surface area contributed by atoms with Gasteiger partial charge < -0.3 is 4.74 Å². The summed E-state index contributed by atoms with van der Waals surface area (Å²) in [6.07, 6.45) is 4.42. The van der Waals surface area contributed by atoms with Crippen molar-refractivity contribution in [1.82, 2.24) is 10.4 Å². The van der Waals surface area contributed by atoms with Gasteiger partial charge in [0.15, 0.2) is 5.75 Å². The molecule has 9 heteroatoms. The van der Waals surface area contributed by atoms with Crippen LogP contribution in [0.1, 0.15) is 26.3 Å². The molecule has 0 aliphatic carbocycles. The topological polar surface area (TPSA) is 80.6 Å². The molecule has 6 nitrogen and oxygen atoms in total. The molecule has 0 bridgehead atoms. The molecular formula is C20H12Br2IN3O3. The fourth-order valence-electron chi connectivity index (χ4n) is 2.28. The summed E-state index contributed by atoms with van der Waals surface area (Å²) in [5, 5.41) is 3.97. The van der Waals surface area contributed by atoms with E-state index in [1.807, 2.05) is 12.1 Å². The molecule has 0 atom stereocenters. The molecule has 1 amide bonds. The van der Waals surface area contributed by atoms with Crippen molar-refractivity contribution in [3.05, 3.63) is 90.1 Å². The van der Waals surface area contributed by atoms with Crippen molar-refractivity contribution in [3.8, 4) is 5.75 Å². The lowest BCUT2D eigenvalue weighted by Gasteiger charge is -2.11.